The van der Waals surface area contributed by atoms with Gasteiger partial charge in [0.25, 0.3) is 5.91 Å². The van der Waals surface area contributed by atoms with Crippen molar-refractivity contribution in [3.63, 3.8) is 0 Å². The number of carbonyl (C=O) groups is 1. The smallest absolute Gasteiger partial charge is 0.345 e. The van der Waals surface area contributed by atoms with Gasteiger partial charge in [0, 0.05) is 37.7 Å². The summed E-state index contributed by atoms with van der Waals surface area (Å²) in [4.78, 5) is 27.9. The lowest BCUT2D eigenvalue weighted by Crippen LogP contribution is -2.39. The van der Waals surface area contributed by atoms with Crippen LogP contribution in [0.4, 0.5) is 0 Å². The molecule has 11 nitrogen and oxygen atoms in total. The normalized spacial score (nSPS) is 16.8. The van der Waals surface area contributed by atoms with E-state index in [2.05, 4.69) is 15.3 Å². The number of nitrogens with zero attached hydrogens (tertiary/aromatic N) is 5. The zero-order chi connectivity index (χ0) is 26.1. The Bertz CT molecular complexity index is 1300. The van der Waals surface area contributed by atoms with Crippen LogP contribution in [0.15, 0.2) is 23.0 Å². The van der Waals surface area contributed by atoms with E-state index in [1.54, 1.807) is 46.6 Å². The number of benzene rings is 1. The van der Waals surface area contributed by atoms with Crippen LogP contribution in [0.1, 0.15) is 66.8 Å². The van der Waals surface area contributed by atoms with Crippen LogP contribution in [-0.4, -0.2) is 69.8 Å². The van der Waals surface area contributed by atoms with Gasteiger partial charge in [0.2, 0.25) is 5.75 Å². The largest absolute Gasteiger partial charge is 0.493 e. The first-order valence-electron chi connectivity index (χ1n) is 12.8. The number of hydrogen-bond donors (Lipinski definition) is 1. The van der Waals surface area contributed by atoms with Crippen molar-refractivity contribution in [2.24, 2.45) is 7.05 Å². The number of piperidine rings is 1. The molecule has 198 valence electrons. The fourth-order valence-electron chi connectivity index (χ4n) is 5.60. The molecule has 11 heteroatoms. The molecule has 2 aliphatic rings. The highest BCUT2D eigenvalue weighted by molar-refractivity contribution is 5.93. The molecule has 2 fully saturated rings. The van der Waals surface area contributed by atoms with E-state index in [1.165, 1.54) is 4.68 Å². The first-order chi connectivity index (χ1) is 17.9. The van der Waals surface area contributed by atoms with Crippen LogP contribution in [0.5, 0.6) is 17.2 Å². The van der Waals surface area contributed by atoms with E-state index in [9.17, 15) is 9.59 Å². The predicted molar refractivity (Wildman–Crippen MR) is 137 cm³/mol. The van der Waals surface area contributed by atoms with Crippen LogP contribution >= 0.6 is 0 Å². The summed E-state index contributed by atoms with van der Waals surface area (Å²) in [6.45, 7) is 1.19. The Balaban J connectivity index is 1.30. The predicted octanol–water partition coefficient (Wildman–Crippen LogP) is 3.13. The fraction of sp³-hybridized carbons (Fsp3) is 0.538. The number of hydrogen-bond acceptors (Lipinski definition) is 7. The maximum absolute atomic E-state index is 13.3. The molecule has 0 unspecified atom stereocenters. The lowest BCUT2D eigenvalue weighted by Gasteiger charge is -2.31. The number of rotatable bonds is 7. The molecule has 1 aromatic carbocycles. The molecule has 3 aromatic rings. The van der Waals surface area contributed by atoms with Gasteiger partial charge in [-0.15, -0.1) is 0 Å². The minimum absolute atomic E-state index is 0.0304. The number of likely N-dealkylation sites (tertiary alicyclic amines) is 1. The lowest BCUT2D eigenvalue weighted by molar-refractivity contribution is 0.0703. The maximum atomic E-state index is 13.3. The Morgan fingerprint density at radius 3 is 2.22 bits per heavy atom. The third kappa shape index (κ3) is 4.58. The topological polar surface area (TPSA) is 117 Å². The van der Waals surface area contributed by atoms with E-state index in [-0.39, 0.29) is 23.6 Å². The average Bonchev–Trinajstić information content (AvgIpc) is 3.69. The second-order valence-electron chi connectivity index (χ2n) is 9.72. The quantitative estimate of drug-likeness (QED) is 0.519. The van der Waals surface area contributed by atoms with Crippen molar-refractivity contribution in [1.29, 1.82) is 0 Å². The third-order valence-electron chi connectivity index (χ3n) is 7.59. The molecule has 0 spiro atoms. The first-order valence-corrected chi connectivity index (χ1v) is 12.8. The Morgan fingerprint density at radius 2 is 1.62 bits per heavy atom. The van der Waals surface area contributed by atoms with Crippen molar-refractivity contribution in [3.8, 4) is 28.5 Å². The molecular weight excluding hydrogens is 476 g/mol. The molecule has 1 N–H and O–H groups in total. The number of nitrogens with one attached hydrogen (secondary N) is 1. The van der Waals surface area contributed by atoms with E-state index in [4.69, 9.17) is 14.2 Å². The van der Waals surface area contributed by atoms with Gasteiger partial charge in [-0.05, 0) is 43.9 Å². The SMILES string of the molecule is COc1cc(-c2cc(C(=O)N3CCC(c4nn(C)c(=O)n4C4CCCC4)CC3)[nH]n2)cc(OC)c1OC. The van der Waals surface area contributed by atoms with E-state index in [0.717, 1.165) is 49.9 Å². The summed E-state index contributed by atoms with van der Waals surface area (Å²) in [6.07, 6.45) is 5.90. The maximum Gasteiger partial charge on any atom is 0.345 e. The average molecular weight is 511 g/mol. The second-order valence-corrected chi connectivity index (χ2v) is 9.72. The van der Waals surface area contributed by atoms with Gasteiger partial charge in [-0.25, -0.2) is 9.48 Å². The molecule has 1 amide bonds. The molecule has 0 radical (unpaired) electrons. The van der Waals surface area contributed by atoms with Crippen LogP contribution in [0, 0.1) is 0 Å². The van der Waals surface area contributed by atoms with E-state index < -0.39 is 0 Å². The number of aromatic amines is 1. The number of amides is 1. The Morgan fingerprint density at radius 1 is 0.973 bits per heavy atom. The van der Waals surface area contributed by atoms with Crippen molar-refractivity contribution >= 4 is 5.91 Å². The van der Waals surface area contributed by atoms with Crippen molar-refractivity contribution in [3.05, 3.63) is 40.2 Å². The van der Waals surface area contributed by atoms with Crippen molar-refractivity contribution in [2.75, 3.05) is 34.4 Å². The number of methoxy groups -OCH3 is 3. The Kier molecular flexibility index (Phi) is 6.94. The fourth-order valence-corrected chi connectivity index (χ4v) is 5.60. The van der Waals surface area contributed by atoms with Gasteiger partial charge in [-0.3, -0.25) is 14.5 Å². The monoisotopic (exact) mass is 510 g/mol. The zero-order valence-corrected chi connectivity index (χ0v) is 21.8. The lowest BCUT2D eigenvalue weighted by atomic mass is 9.95. The van der Waals surface area contributed by atoms with Gasteiger partial charge in [-0.1, -0.05) is 12.8 Å². The van der Waals surface area contributed by atoms with E-state index in [1.807, 2.05) is 9.47 Å². The van der Waals surface area contributed by atoms with Gasteiger partial charge >= 0.3 is 5.69 Å². The number of aryl methyl sites for hydroxylation is 1. The number of aromatic nitrogens is 5. The summed E-state index contributed by atoms with van der Waals surface area (Å²) in [7, 11) is 6.39. The number of carbonyl (C=O) groups excluding carboxylic acids is 1. The molecular formula is C26H34N6O5. The molecule has 3 heterocycles. The summed E-state index contributed by atoms with van der Waals surface area (Å²) in [5.41, 5.74) is 1.73. The van der Waals surface area contributed by atoms with E-state index >= 15 is 0 Å². The van der Waals surface area contributed by atoms with E-state index in [0.29, 0.717) is 41.7 Å². The molecule has 2 aromatic heterocycles. The summed E-state index contributed by atoms with van der Waals surface area (Å²) in [5, 5.41) is 11.9. The molecule has 1 saturated carbocycles. The van der Waals surface area contributed by atoms with Crippen molar-refractivity contribution < 1.29 is 19.0 Å². The van der Waals surface area contributed by atoms with Crippen molar-refractivity contribution in [2.45, 2.75) is 50.5 Å². The minimum Gasteiger partial charge on any atom is -0.493 e. The summed E-state index contributed by atoms with van der Waals surface area (Å²) < 4.78 is 19.7. The van der Waals surface area contributed by atoms with Gasteiger partial charge in [-0.2, -0.15) is 10.2 Å². The number of ether oxygens (including phenoxy) is 3. The van der Waals surface area contributed by atoms with Crippen LogP contribution < -0.4 is 19.9 Å². The molecule has 0 atom stereocenters. The molecule has 1 aliphatic heterocycles. The highest BCUT2D eigenvalue weighted by Crippen LogP contribution is 2.41. The number of H-pyrrole nitrogens is 1. The summed E-state index contributed by atoms with van der Waals surface area (Å²) in [5.74, 6) is 2.46. The van der Waals surface area contributed by atoms with Crippen LogP contribution in [0.2, 0.25) is 0 Å². The Labute approximate surface area is 215 Å². The molecule has 1 aliphatic carbocycles. The third-order valence-corrected chi connectivity index (χ3v) is 7.59. The highest BCUT2D eigenvalue weighted by Gasteiger charge is 2.32. The van der Waals surface area contributed by atoms with Gasteiger partial charge in [0.05, 0.1) is 27.0 Å². The van der Waals surface area contributed by atoms with Crippen LogP contribution in [-0.2, 0) is 7.05 Å². The molecule has 0 bridgehead atoms. The molecule has 5 rings (SSSR count). The first kappa shape index (κ1) is 24.9. The standard InChI is InChI=1S/C26H34N6O5/c1-30-26(34)32(18-7-5-6-8-18)24(29-30)16-9-11-31(12-10-16)25(33)20-15-19(27-28-20)17-13-21(35-2)23(37-4)22(14-17)36-3/h13-16,18H,5-12H2,1-4H3,(H,27,28). The van der Waals surface area contributed by atoms with Gasteiger partial charge in [0.15, 0.2) is 11.5 Å². The van der Waals surface area contributed by atoms with Crippen molar-refractivity contribution in [1.82, 2.24) is 29.4 Å². The summed E-state index contributed by atoms with van der Waals surface area (Å²) in [6, 6.07) is 5.59. The molecule has 37 heavy (non-hydrogen) atoms. The second kappa shape index (κ2) is 10.3. The molecule has 1 saturated heterocycles. The van der Waals surface area contributed by atoms with Crippen LogP contribution in [0.25, 0.3) is 11.3 Å². The van der Waals surface area contributed by atoms with Crippen LogP contribution in [0.3, 0.4) is 0 Å². The zero-order valence-electron chi connectivity index (χ0n) is 21.8. The van der Waals surface area contributed by atoms with Gasteiger partial charge in [0.1, 0.15) is 11.5 Å². The van der Waals surface area contributed by atoms with Gasteiger partial charge < -0.3 is 19.1 Å². The Hall–Kier alpha value is -3.76. The summed E-state index contributed by atoms with van der Waals surface area (Å²) >= 11 is 0. The minimum atomic E-state index is -0.0983. The highest BCUT2D eigenvalue weighted by atomic mass is 16.5.